The third-order valence-corrected chi connectivity index (χ3v) is 3.55. The third kappa shape index (κ3) is 3.89. The lowest BCUT2D eigenvalue weighted by Crippen LogP contribution is -2.22. The van der Waals surface area contributed by atoms with Gasteiger partial charge in [0.15, 0.2) is 0 Å². The molecule has 2 aromatic rings. The van der Waals surface area contributed by atoms with E-state index in [9.17, 15) is 10.1 Å². The van der Waals surface area contributed by atoms with Crippen LogP contribution < -0.4 is 5.32 Å². The van der Waals surface area contributed by atoms with E-state index < -0.39 is 0 Å². The summed E-state index contributed by atoms with van der Waals surface area (Å²) >= 11 is 0. The van der Waals surface area contributed by atoms with E-state index in [1.54, 1.807) is 13.0 Å². The van der Waals surface area contributed by atoms with Gasteiger partial charge in [0, 0.05) is 17.7 Å². The number of nitrogens with one attached hydrogen (secondary N) is 1. The van der Waals surface area contributed by atoms with Gasteiger partial charge in [-0.1, -0.05) is 43.3 Å². The summed E-state index contributed by atoms with van der Waals surface area (Å²) in [6.45, 7) is 4.74. The highest BCUT2D eigenvalue weighted by atomic mass is 16.6. The zero-order valence-electron chi connectivity index (χ0n) is 12.4. The Labute approximate surface area is 125 Å². The number of benzene rings is 2. The molecule has 1 unspecified atom stereocenters. The minimum Gasteiger partial charge on any atom is -0.310 e. The molecule has 1 atom stereocenters. The van der Waals surface area contributed by atoms with E-state index in [1.165, 1.54) is 5.56 Å². The molecule has 0 aliphatic carbocycles. The highest BCUT2D eigenvalue weighted by molar-refractivity contribution is 5.42. The molecule has 0 aliphatic rings. The number of nitro benzene ring substituents is 1. The minimum atomic E-state index is -0.335. The van der Waals surface area contributed by atoms with Crippen LogP contribution in [0.4, 0.5) is 5.69 Å². The van der Waals surface area contributed by atoms with Crippen molar-refractivity contribution in [3.8, 4) is 0 Å². The first kappa shape index (κ1) is 15.2. The number of aryl methyl sites for hydroxylation is 1. The van der Waals surface area contributed by atoms with Crippen LogP contribution in [-0.4, -0.2) is 11.5 Å². The fraction of sp³-hybridized carbons (Fsp3) is 0.294. The number of rotatable bonds is 6. The normalized spacial score (nSPS) is 12.1. The lowest BCUT2D eigenvalue weighted by atomic mass is 9.97. The van der Waals surface area contributed by atoms with Crippen LogP contribution in [0.5, 0.6) is 0 Å². The molecule has 0 spiro atoms. The van der Waals surface area contributed by atoms with Gasteiger partial charge in [0.25, 0.3) is 5.69 Å². The standard InChI is InChI=1S/C17H20N2O2/c1-3-18-16(15-7-5-4-6-8-15)12-14-9-10-17(19(20)21)13(2)11-14/h4-11,16,18H,3,12H2,1-2H3. The summed E-state index contributed by atoms with van der Waals surface area (Å²) in [5, 5.41) is 14.3. The van der Waals surface area contributed by atoms with E-state index in [4.69, 9.17) is 0 Å². The molecular formula is C17H20N2O2. The van der Waals surface area contributed by atoms with Gasteiger partial charge in [-0.05, 0) is 37.1 Å². The van der Waals surface area contributed by atoms with Crippen LogP contribution in [0, 0.1) is 17.0 Å². The lowest BCUT2D eigenvalue weighted by Gasteiger charge is -2.18. The Balaban J connectivity index is 2.21. The van der Waals surface area contributed by atoms with Gasteiger partial charge in [-0.3, -0.25) is 10.1 Å². The monoisotopic (exact) mass is 284 g/mol. The molecule has 0 aliphatic heterocycles. The van der Waals surface area contributed by atoms with Crippen LogP contribution >= 0.6 is 0 Å². The zero-order valence-corrected chi connectivity index (χ0v) is 12.4. The van der Waals surface area contributed by atoms with Gasteiger partial charge in [-0.2, -0.15) is 0 Å². The van der Waals surface area contributed by atoms with E-state index >= 15 is 0 Å². The van der Waals surface area contributed by atoms with Crippen molar-refractivity contribution >= 4 is 5.69 Å². The second-order valence-electron chi connectivity index (χ2n) is 5.10. The quantitative estimate of drug-likeness (QED) is 0.648. The van der Waals surface area contributed by atoms with Gasteiger partial charge in [0.1, 0.15) is 0 Å². The number of nitrogens with zero attached hydrogens (tertiary/aromatic N) is 1. The Morgan fingerprint density at radius 2 is 1.90 bits per heavy atom. The van der Waals surface area contributed by atoms with Crippen molar-refractivity contribution in [3.05, 3.63) is 75.3 Å². The summed E-state index contributed by atoms with van der Waals surface area (Å²) in [5.74, 6) is 0. The highest BCUT2D eigenvalue weighted by Gasteiger charge is 2.14. The average molecular weight is 284 g/mol. The predicted molar refractivity (Wildman–Crippen MR) is 84.4 cm³/mol. The van der Waals surface area contributed by atoms with Crippen LogP contribution in [0.25, 0.3) is 0 Å². The third-order valence-electron chi connectivity index (χ3n) is 3.55. The Morgan fingerprint density at radius 3 is 2.48 bits per heavy atom. The zero-order chi connectivity index (χ0) is 15.2. The van der Waals surface area contributed by atoms with E-state index in [0.717, 1.165) is 18.5 Å². The summed E-state index contributed by atoms with van der Waals surface area (Å²) in [6, 6.07) is 15.8. The van der Waals surface area contributed by atoms with Gasteiger partial charge >= 0.3 is 0 Å². The number of hydrogen-bond acceptors (Lipinski definition) is 3. The Bertz CT molecular complexity index is 611. The Hall–Kier alpha value is -2.20. The number of hydrogen-bond donors (Lipinski definition) is 1. The van der Waals surface area contributed by atoms with E-state index in [0.29, 0.717) is 5.56 Å². The van der Waals surface area contributed by atoms with Crippen molar-refractivity contribution < 1.29 is 4.92 Å². The maximum Gasteiger partial charge on any atom is 0.272 e. The molecule has 0 heterocycles. The molecule has 21 heavy (non-hydrogen) atoms. The summed E-state index contributed by atoms with van der Waals surface area (Å²) in [6.07, 6.45) is 0.816. The molecule has 4 heteroatoms. The van der Waals surface area contributed by atoms with Crippen LogP contribution in [-0.2, 0) is 6.42 Å². The van der Waals surface area contributed by atoms with Gasteiger partial charge < -0.3 is 5.32 Å². The van der Waals surface area contributed by atoms with Crippen molar-refractivity contribution in [2.24, 2.45) is 0 Å². The van der Waals surface area contributed by atoms with Crippen molar-refractivity contribution in [1.82, 2.24) is 5.32 Å². The SMILES string of the molecule is CCNC(Cc1ccc([N+](=O)[O-])c(C)c1)c1ccccc1. The van der Waals surface area contributed by atoms with Crippen LogP contribution in [0.2, 0.25) is 0 Å². The molecular weight excluding hydrogens is 264 g/mol. The van der Waals surface area contributed by atoms with Crippen LogP contribution in [0.1, 0.15) is 29.7 Å². The molecule has 2 aromatic carbocycles. The Morgan fingerprint density at radius 1 is 1.19 bits per heavy atom. The van der Waals surface area contributed by atoms with Crippen molar-refractivity contribution in [2.45, 2.75) is 26.3 Å². The summed E-state index contributed by atoms with van der Waals surface area (Å²) in [5.41, 5.74) is 3.22. The molecule has 0 saturated heterocycles. The van der Waals surface area contributed by atoms with Crippen molar-refractivity contribution in [3.63, 3.8) is 0 Å². The first-order chi connectivity index (χ1) is 10.1. The first-order valence-corrected chi connectivity index (χ1v) is 7.14. The minimum absolute atomic E-state index is 0.179. The summed E-state index contributed by atoms with van der Waals surface area (Å²) in [4.78, 5) is 10.5. The van der Waals surface area contributed by atoms with E-state index in [-0.39, 0.29) is 16.7 Å². The molecule has 1 N–H and O–H groups in total. The molecule has 0 fully saturated rings. The molecule has 0 radical (unpaired) electrons. The largest absolute Gasteiger partial charge is 0.310 e. The second kappa shape index (κ2) is 6.99. The molecule has 110 valence electrons. The second-order valence-corrected chi connectivity index (χ2v) is 5.10. The van der Waals surface area contributed by atoms with Crippen LogP contribution in [0.15, 0.2) is 48.5 Å². The fourth-order valence-corrected chi connectivity index (χ4v) is 2.52. The maximum atomic E-state index is 10.9. The van der Waals surface area contributed by atoms with Crippen LogP contribution in [0.3, 0.4) is 0 Å². The lowest BCUT2D eigenvalue weighted by molar-refractivity contribution is -0.385. The topological polar surface area (TPSA) is 55.2 Å². The predicted octanol–water partition coefficient (Wildman–Crippen LogP) is 3.80. The summed E-state index contributed by atoms with van der Waals surface area (Å²) < 4.78 is 0. The molecule has 4 nitrogen and oxygen atoms in total. The molecule has 0 bridgehead atoms. The first-order valence-electron chi connectivity index (χ1n) is 7.14. The van der Waals surface area contributed by atoms with Gasteiger partial charge in [0.05, 0.1) is 4.92 Å². The smallest absolute Gasteiger partial charge is 0.272 e. The molecule has 2 rings (SSSR count). The van der Waals surface area contributed by atoms with E-state index in [2.05, 4.69) is 24.4 Å². The number of nitro groups is 1. The van der Waals surface area contributed by atoms with Gasteiger partial charge in [-0.15, -0.1) is 0 Å². The summed E-state index contributed by atoms with van der Waals surface area (Å²) in [7, 11) is 0. The Kier molecular flexibility index (Phi) is 5.06. The van der Waals surface area contributed by atoms with E-state index in [1.807, 2.05) is 30.3 Å². The molecule has 0 saturated carbocycles. The molecule has 0 amide bonds. The molecule has 0 aromatic heterocycles. The van der Waals surface area contributed by atoms with Crippen molar-refractivity contribution in [1.29, 1.82) is 0 Å². The highest BCUT2D eigenvalue weighted by Crippen LogP contribution is 2.23. The average Bonchev–Trinajstić information content (AvgIpc) is 2.47. The number of likely N-dealkylation sites (N-methyl/N-ethyl adjacent to an activating group) is 1. The maximum absolute atomic E-state index is 10.9. The van der Waals surface area contributed by atoms with Gasteiger partial charge in [0.2, 0.25) is 0 Å². The van der Waals surface area contributed by atoms with Gasteiger partial charge in [-0.25, -0.2) is 0 Å². The van der Waals surface area contributed by atoms with Crippen molar-refractivity contribution in [2.75, 3.05) is 6.54 Å². The fourth-order valence-electron chi connectivity index (χ4n) is 2.52.